The number of aliphatic carboxylic acids is 1. The summed E-state index contributed by atoms with van der Waals surface area (Å²) >= 11 is 0. The number of nitrogens with zero attached hydrogens (tertiary/aromatic N) is 1. The van der Waals surface area contributed by atoms with E-state index in [2.05, 4.69) is 19.2 Å². The predicted molar refractivity (Wildman–Crippen MR) is 81.4 cm³/mol. The van der Waals surface area contributed by atoms with E-state index >= 15 is 0 Å². The van der Waals surface area contributed by atoms with Gasteiger partial charge in [-0.3, -0.25) is 4.79 Å². The van der Waals surface area contributed by atoms with Gasteiger partial charge in [0, 0.05) is 24.7 Å². The zero-order chi connectivity index (χ0) is 15.4. The monoisotopic (exact) mass is 290 g/mol. The quantitative estimate of drug-likeness (QED) is 0.895. The highest BCUT2D eigenvalue weighted by Gasteiger charge is 2.29. The van der Waals surface area contributed by atoms with Crippen molar-refractivity contribution in [2.75, 3.05) is 11.9 Å². The summed E-state index contributed by atoms with van der Waals surface area (Å²) in [5.41, 5.74) is 1.63. The van der Waals surface area contributed by atoms with Crippen molar-refractivity contribution in [2.24, 2.45) is 5.92 Å². The molecule has 0 saturated carbocycles. The molecule has 1 aromatic rings. The normalized spacial score (nSPS) is 21.3. The molecule has 1 aromatic carbocycles. The smallest absolute Gasteiger partial charge is 0.322 e. The number of carbonyl (C=O) groups is 2. The van der Waals surface area contributed by atoms with E-state index in [1.807, 2.05) is 29.2 Å². The fourth-order valence-electron chi connectivity index (χ4n) is 2.83. The second-order valence-corrected chi connectivity index (χ2v) is 5.87. The van der Waals surface area contributed by atoms with Crippen LogP contribution in [0.3, 0.4) is 0 Å². The molecule has 2 unspecified atom stereocenters. The summed E-state index contributed by atoms with van der Waals surface area (Å²) in [5, 5.41) is 11.6. The van der Waals surface area contributed by atoms with Gasteiger partial charge in [-0.15, -0.1) is 0 Å². The van der Waals surface area contributed by atoms with Gasteiger partial charge in [-0.25, -0.2) is 4.79 Å². The molecule has 1 aliphatic rings. The van der Waals surface area contributed by atoms with Crippen LogP contribution < -0.4 is 5.32 Å². The molecule has 0 aliphatic carbocycles. The molecule has 5 heteroatoms. The van der Waals surface area contributed by atoms with E-state index in [4.69, 9.17) is 5.11 Å². The molecule has 1 aliphatic heterocycles. The van der Waals surface area contributed by atoms with Crippen molar-refractivity contribution in [1.82, 2.24) is 4.90 Å². The summed E-state index contributed by atoms with van der Waals surface area (Å²) in [7, 11) is 0. The van der Waals surface area contributed by atoms with Crippen molar-refractivity contribution in [1.29, 1.82) is 0 Å². The fourth-order valence-corrected chi connectivity index (χ4v) is 2.83. The Kier molecular flexibility index (Phi) is 4.83. The number of carbonyl (C=O) groups excluding carboxylic acids is 1. The molecular formula is C16H22N2O3. The van der Waals surface area contributed by atoms with E-state index in [0.717, 1.165) is 24.2 Å². The number of hydrogen-bond donors (Lipinski definition) is 2. The van der Waals surface area contributed by atoms with Crippen LogP contribution in [0.1, 0.15) is 32.3 Å². The molecule has 1 heterocycles. The zero-order valence-corrected chi connectivity index (χ0v) is 12.5. The lowest BCUT2D eigenvalue weighted by Crippen LogP contribution is -2.37. The SMILES string of the molecule is CC1CC(C)N(C(=O)Nc2cccc(CCC(=O)O)c2)C1. The van der Waals surface area contributed by atoms with E-state index < -0.39 is 5.97 Å². The van der Waals surface area contributed by atoms with Gasteiger partial charge in [-0.2, -0.15) is 0 Å². The Morgan fingerprint density at radius 3 is 2.76 bits per heavy atom. The lowest BCUT2D eigenvalue weighted by Gasteiger charge is -2.22. The van der Waals surface area contributed by atoms with E-state index in [9.17, 15) is 9.59 Å². The van der Waals surface area contributed by atoms with Crippen molar-refractivity contribution >= 4 is 17.7 Å². The molecule has 1 saturated heterocycles. The van der Waals surface area contributed by atoms with E-state index in [1.165, 1.54) is 0 Å². The maximum atomic E-state index is 12.3. The molecule has 0 radical (unpaired) electrons. The summed E-state index contributed by atoms with van der Waals surface area (Å²) in [6.07, 6.45) is 1.60. The minimum atomic E-state index is -0.815. The highest BCUT2D eigenvalue weighted by molar-refractivity contribution is 5.89. The Labute approximate surface area is 125 Å². The van der Waals surface area contributed by atoms with E-state index in [-0.39, 0.29) is 18.5 Å². The molecule has 114 valence electrons. The van der Waals surface area contributed by atoms with Crippen LogP contribution in [0.4, 0.5) is 10.5 Å². The Balaban J connectivity index is 1.97. The minimum absolute atomic E-state index is 0.0813. The predicted octanol–water partition coefficient (Wildman–Crippen LogP) is 2.97. The molecule has 2 rings (SSSR count). The first-order valence-corrected chi connectivity index (χ1v) is 7.34. The molecule has 2 atom stereocenters. The number of carboxylic acid groups (broad SMARTS) is 1. The molecule has 0 spiro atoms. The Hall–Kier alpha value is -2.04. The average molecular weight is 290 g/mol. The van der Waals surface area contributed by atoms with Crippen LogP contribution in [0.2, 0.25) is 0 Å². The number of hydrogen-bond acceptors (Lipinski definition) is 2. The summed E-state index contributed by atoms with van der Waals surface area (Å²) < 4.78 is 0. The van der Waals surface area contributed by atoms with Crippen LogP contribution in [0.25, 0.3) is 0 Å². The molecular weight excluding hydrogens is 268 g/mol. The number of urea groups is 1. The van der Waals surface area contributed by atoms with Gasteiger partial charge < -0.3 is 15.3 Å². The number of nitrogens with one attached hydrogen (secondary N) is 1. The summed E-state index contributed by atoms with van der Waals surface area (Å²) in [4.78, 5) is 24.7. The number of likely N-dealkylation sites (tertiary alicyclic amines) is 1. The summed E-state index contributed by atoms with van der Waals surface area (Å²) in [6.45, 7) is 4.99. The van der Waals surface area contributed by atoms with Crippen molar-refractivity contribution in [3.63, 3.8) is 0 Å². The summed E-state index contributed by atoms with van der Waals surface area (Å²) in [6, 6.07) is 7.55. The maximum Gasteiger partial charge on any atom is 0.322 e. The van der Waals surface area contributed by atoms with Gasteiger partial charge in [-0.05, 0) is 43.4 Å². The number of aryl methyl sites for hydroxylation is 1. The van der Waals surface area contributed by atoms with Gasteiger partial charge in [0.1, 0.15) is 0 Å². The maximum absolute atomic E-state index is 12.3. The number of benzene rings is 1. The number of amides is 2. The molecule has 0 bridgehead atoms. The Bertz CT molecular complexity index is 530. The first kappa shape index (κ1) is 15.4. The van der Waals surface area contributed by atoms with Crippen molar-refractivity contribution in [3.8, 4) is 0 Å². The fraction of sp³-hybridized carbons (Fsp3) is 0.500. The van der Waals surface area contributed by atoms with Gasteiger partial charge in [0.05, 0.1) is 0 Å². The van der Waals surface area contributed by atoms with Crippen LogP contribution in [0.15, 0.2) is 24.3 Å². The standard InChI is InChI=1S/C16H22N2O3/c1-11-8-12(2)18(10-11)16(21)17-14-5-3-4-13(9-14)6-7-15(19)20/h3-5,9,11-12H,6-8,10H2,1-2H3,(H,17,21)(H,19,20). The highest BCUT2D eigenvalue weighted by atomic mass is 16.4. The second kappa shape index (κ2) is 6.61. The third-order valence-electron chi connectivity index (χ3n) is 3.85. The average Bonchev–Trinajstić information content (AvgIpc) is 2.76. The molecule has 2 amide bonds. The number of anilines is 1. The Morgan fingerprint density at radius 2 is 2.14 bits per heavy atom. The van der Waals surface area contributed by atoms with Crippen LogP contribution in [-0.2, 0) is 11.2 Å². The molecule has 21 heavy (non-hydrogen) atoms. The Morgan fingerprint density at radius 1 is 1.38 bits per heavy atom. The van der Waals surface area contributed by atoms with Crippen molar-refractivity contribution in [2.45, 2.75) is 39.2 Å². The number of carboxylic acids is 1. The van der Waals surface area contributed by atoms with Gasteiger partial charge in [0.2, 0.25) is 0 Å². The summed E-state index contributed by atoms with van der Waals surface area (Å²) in [5.74, 6) is -0.281. The highest BCUT2D eigenvalue weighted by Crippen LogP contribution is 2.23. The first-order valence-electron chi connectivity index (χ1n) is 7.34. The van der Waals surface area contributed by atoms with Crippen molar-refractivity contribution in [3.05, 3.63) is 29.8 Å². The molecule has 5 nitrogen and oxygen atoms in total. The van der Waals surface area contributed by atoms with E-state index in [1.54, 1.807) is 0 Å². The third-order valence-corrected chi connectivity index (χ3v) is 3.85. The first-order chi connectivity index (χ1) is 9.95. The van der Waals surface area contributed by atoms with Gasteiger partial charge >= 0.3 is 12.0 Å². The lowest BCUT2D eigenvalue weighted by atomic mass is 10.1. The zero-order valence-electron chi connectivity index (χ0n) is 12.5. The van der Waals surface area contributed by atoms with Gasteiger partial charge in [-0.1, -0.05) is 19.1 Å². The molecule has 2 N–H and O–H groups in total. The molecule has 1 fully saturated rings. The van der Waals surface area contributed by atoms with Crippen LogP contribution in [0, 0.1) is 5.92 Å². The van der Waals surface area contributed by atoms with Crippen LogP contribution in [0.5, 0.6) is 0 Å². The van der Waals surface area contributed by atoms with E-state index in [0.29, 0.717) is 12.3 Å². The van der Waals surface area contributed by atoms with Gasteiger partial charge in [0.15, 0.2) is 0 Å². The van der Waals surface area contributed by atoms with Crippen molar-refractivity contribution < 1.29 is 14.7 Å². The van der Waals surface area contributed by atoms with Gasteiger partial charge in [0.25, 0.3) is 0 Å². The van der Waals surface area contributed by atoms with Crippen LogP contribution in [-0.4, -0.2) is 34.6 Å². The largest absolute Gasteiger partial charge is 0.481 e. The lowest BCUT2D eigenvalue weighted by molar-refractivity contribution is -0.136. The minimum Gasteiger partial charge on any atom is -0.481 e. The third kappa shape index (κ3) is 4.21. The second-order valence-electron chi connectivity index (χ2n) is 5.87. The molecule has 0 aromatic heterocycles. The number of rotatable bonds is 4. The van der Waals surface area contributed by atoms with Crippen LogP contribution >= 0.6 is 0 Å². The topological polar surface area (TPSA) is 69.6 Å².